The first-order chi connectivity index (χ1) is 6.79. The van der Waals surface area contributed by atoms with Gasteiger partial charge in [0.1, 0.15) is 6.61 Å². The van der Waals surface area contributed by atoms with Gasteiger partial charge in [0.25, 0.3) is 0 Å². The minimum atomic E-state index is 0.461. The van der Waals surface area contributed by atoms with Crippen LogP contribution in [0.5, 0.6) is 0 Å². The normalized spacial score (nSPS) is 11.0. The molecule has 74 valence electrons. The van der Waals surface area contributed by atoms with E-state index in [0.717, 1.165) is 16.1 Å². The summed E-state index contributed by atoms with van der Waals surface area (Å²) in [5, 5.41) is 1.09. The van der Waals surface area contributed by atoms with Gasteiger partial charge in [0.05, 0.1) is 22.3 Å². The molecule has 14 heavy (non-hydrogen) atoms. The molecule has 0 saturated heterocycles. The van der Waals surface area contributed by atoms with E-state index in [-0.39, 0.29) is 0 Å². The molecule has 3 nitrogen and oxygen atoms in total. The number of hydrogen-bond donors (Lipinski definition) is 0. The summed E-state index contributed by atoms with van der Waals surface area (Å²) in [4.78, 5) is 13.8. The Kier molecular flexibility index (Phi) is 2.77. The van der Waals surface area contributed by atoms with Crippen molar-refractivity contribution in [3.05, 3.63) is 28.8 Å². The summed E-state index contributed by atoms with van der Waals surface area (Å²) >= 11 is 1.70. The second-order valence-corrected chi connectivity index (χ2v) is 4.20. The maximum atomic E-state index is 4.85. The van der Waals surface area contributed by atoms with Gasteiger partial charge < -0.3 is 0 Å². The summed E-state index contributed by atoms with van der Waals surface area (Å²) in [5.74, 6) is 0. The quantitative estimate of drug-likeness (QED) is 0.575. The molecule has 1 heterocycles. The number of thiazole rings is 1. The Hall–Kier alpha value is -0.970. The predicted molar refractivity (Wildman–Crippen MR) is 56.2 cm³/mol. The summed E-state index contributed by atoms with van der Waals surface area (Å²) in [6.07, 6.45) is 0. The van der Waals surface area contributed by atoms with Crippen LogP contribution in [0.1, 0.15) is 10.6 Å². The zero-order valence-corrected chi connectivity index (χ0v) is 8.93. The molecule has 0 amide bonds. The summed E-state index contributed by atoms with van der Waals surface area (Å²) in [5.41, 5.74) is 2.11. The van der Waals surface area contributed by atoms with Gasteiger partial charge in [-0.25, -0.2) is 14.8 Å². The van der Waals surface area contributed by atoms with Gasteiger partial charge in [0, 0.05) is 0 Å². The van der Waals surface area contributed by atoms with E-state index in [0.29, 0.717) is 6.61 Å². The lowest BCUT2D eigenvalue weighted by Crippen LogP contribution is -1.90. The van der Waals surface area contributed by atoms with Crippen molar-refractivity contribution in [2.45, 2.75) is 13.5 Å². The summed E-state index contributed by atoms with van der Waals surface area (Å²) < 4.78 is 1.21. The van der Waals surface area contributed by atoms with Crippen molar-refractivity contribution in [1.29, 1.82) is 0 Å². The van der Waals surface area contributed by atoms with E-state index in [9.17, 15) is 0 Å². The average Bonchev–Trinajstić information content (AvgIpc) is 2.54. The monoisotopic (exact) mass is 209 g/mol. The van der Waals surface area contributed by atoms with Crippen molar-refractivity contribution >= 4 is 21.6 Å². The molecular formula is C10H11NO2S. The van der Waals surface area contributed by atoms with E-state index in [1.165, 1.54) is 11.8 Å². The van der Waals surface area contributed by atoms with Crippen LogP contribution in [-0.2, 0) is 16.4 Å². The highest BCUT2D eigenvalue weighted by atomic mass is 32.1. The van der Waals surface area contributed by atoms with Crippen LogP contribution < -0.4 is 0 Å². The summed E-state index contributed by atoms with van der Waals surface area (Å²) in [6, 6.07) is 6.12. The predicted octanol–water partition coefficient (Wildman–Crippen LogP) is 2.68. The van der Waals surface area contributed by atoms with E-state index < -0.39 is 0 Å². The lowest BCUT2D eigenvalue weighted by atomic mass is 10.2. The second-order valence-electron chi connectivity index (χ2n) is 2.96. The van der Waals surface area contributed by atoms with Crippen LogP contribution in [-0.4, -0.2) is 12.1 Å². The zero-order valence-electron chi connectivity index (χ0n) is 8.11. The van der Waals surface area contributed by atoms with Crippen LogP contribution in [0.15, 0.2) is 18.2 Å². The molecule has 2 aromatic rings. The number of hydrogen-bond acceptors (Lipinski definition) is 4. The number of aryl methyl sites for hydroxylation is 1. The van der Waals surface area contributed by atoms with Gasteiger partial charge >= 0.3 is 0 Å². The zero-order chi connectivity index (χ0) is 9.97. The summed E-state index contributed by atoms with van der Waals surface area (Å²) in [7, 11) is 1.51. The molecule has 0 fully saturated rings. The molecule has 0 saturated carbocycles. The molecule has 0 atom stereocenters. The first-order valence-electron chi connectivity index (χ1n) is 4.31. The maximum absolute atomic E-state index is 4.85. The Balaban J connectivity index is 2.31. The molecule has 0 radical (unpaired) electrons. The highest BCUT2D eigenvalue weighted by molar-refractivity contribution is 7.18. The van der Waals surface area contributed by atoms with E-state index in [1.807, 2.05) is 19.1 Å². The third-order valence-corrected chi connectivity index (χ3v) is 2.85. The van der Waals surface area contributed by atoms with Crippen molar-refractivity contribution in [2.75, 3.05) is 7.11 Å². The first-order valence-corrected chi connectivity index (χ1v) is 5.13. The van der Waals surface area contributed by atoms with Crippen molar-refractivity contribution in [2.24, 2.45) is 0 Å². The molecule has 0 spiro atoms. The fourth-order valence-corrected chi connectivity index (χ4v) is 2.11. The lowest BCUT2D eigenvalue weighted by Gasteiger charge is -1.99. The molecular weight excluding hydrogens is 198 g/mol. The Morgan fingerprint density at radius 3 is 3.07 bits per heavy atom. The Morgan fingerprint density at radius 2 is 2.29 bits per heavy atom. The van der Waals surface area contributed by atoms with Crippen molar-refractivity contribution in [3.8, 4) is 0 Å². The minimum absolute atomic E-state index is 0.461. The molecule has 0 bridgehead atoms. The standard InChI is InChI=1S/C10H11NO2S/c1-7-11-9-5-8(6-13-12-2)3-4-10(9)14-7/h3-5H,6H2,1-2H3. The SMILES string of the molecule is COOCc1ccc2sc(C)nc2c1. The maximum Gasteiger partial charge on any atom is 0.107 e. The van der Waals surface area contributed by atoms with Crippen molar-refractivity contribution in [1.82, 2.24) is 4.98 Å². The van der Waals surface area contributed by atoms with Crippen LogP contribution in [0.4, 0.5) is 0 Å². The van der Waals surface area contributed by atoms with Gasteiger partial charge in [-0.1, -0.05) is 6.07 Å². The highest BCUT2D eigenvalue weighted by Gasteiger charge is 2.01. The fourth-order valence-electron chi connectivity index (χ4n) is 1.30. The Bertz CT molecular complexity index is 439. The van der Waals surface area contributed by atoms with Crippen LogP contribution >= 0.6 is 11.3 Å². The molecule has 0 aliphatic heterocycles. The second kappa shape index (κ2) is 4.04. The molecule has 1 aromatic carbocycles. The fraction of sp³-hybridized carbons (Fsp3) is 0.300. The van der Waals surface area contributed by atoms with Crippen LogP contribution in [0, 0.1) is 6.92 Å². The topological polar surface area (TPSA) is 31.4 Å². The number of fused-ring (bicyclic) bond motifs is 1. The smallest absolute Gasteiger partial charge is 0.107 e. The van der Waals surface area contributed by atoms with E-state index in [2.05, 4.69) is 15.9 Å². The van der Waals surface area contributed by atoms with Gasteiger partial charge in [-0.3, -0.25) is 0 Å². The third-order valence-electron chi connectivity index (χ3n) is 1.90. The largest absolute Gasteiger partial charge is 0.242 e. The van der Waals surface area contributed by atoms with Gasteiger partial charge in [0.2, 0.25) is 0 Å². The highest BCUT2D eigenvalue weighted by Crippen LogP contribution is 2.22. The molecule has 0 unspecified atom stereocenters. The number of aromatic nitrogens is 1. The van der Waals surface area contributed by atoms with Crippen LogP contribution in [0.3, 0.4) is 0 Å². The Morgan fingerprint density at radius 1 is 1.43 bits per heavy atom. The van der Waals surface area contributed by atoms with Crippen molar-refractivity contribution in [3.63, 3.8) is 0 Å². The molecule has 2 rings (SSSR count). The molecule has 4 heteroatoms. The van der Waals surface area contributed by atoms with E-state index in [4.69, 9.17) is 4.89 Å². The van der Waals surface area contributed by atoms with Gasteiger partial charge in [-0.05, 0) is 24.6 Å². The van der Waals surface area contributed by atoms with Crippen LogP contribution in [0.25, 0.3) is 10.2 Å². The molecule has 0 aliphatic rings. The molecule has 0 N–H and O–H groups in total. The third kappa shape index (κ3) is 1.92. The van der Waals surface area contributed by atoms with E-state index >= 15 is 0 Å². The van der Waals surface area contributed by atoms with Gasteiger partial charge in [0.15, 0.2) is 0 Å². The molecule has 1 aromatic heterocycles. The number of benzene rings is 1. The minimum Gasteiger partial charge on any atom is -0.242 e. The van der Waals surface area contributed by atoms with Crippen LogP contribution in [0.2, 0.25) is 0 Å². The van der Waals surface area contributed by atoms with Gasteiger partial charge in [-0.2, -0.15) is 0 Å². The first kappa shape index (κ1) is 9.58. The van der Waals surface area contributed by atoms with E-state index in [1.54, 1.807) is 11.3 Å². The lowest BCUT2D eigenvalue weighted by molar-refractivity contribution is -0.282. The molecule has 0 aliphatic carbocycles. The number of nitrogens with zero attached hydrogens (tertiary/aromatic N) is 1. The van der Waals surface area contributed by atoms with Crippen molar-refractivity contribution < 1.29 is 9.78 Å². The average molecular weight is 209 g/mol. The number of rotatable bonds is 3. The Labute approximate surface area is 86.2 Å². The van der Waals surface area contributed by atoms with Gasteiger partial charge in [-0.15, -0.1) is 11.3 Å². The summed E-state index contributed by atoms with van der Waals surface area (Å²) in [6.45, 7) is 2.47.